The van der Waals surface area contributed by atoms with Crippen LogP contribution in [-0.4, -0.2) is 32.6 Å². The number of benzene rings is 1. The standard InChI is InChI=1S/C24H25N3O4S/c1-14-12-17(15(2)26(14)18-6-4-3-5-7-18)13-20-21(28)25-24(32)27(22(20)29)19-10-8-16(9-11-19)23(30)31/h8-13,18H,3-7H2,1-2H3,(H,30,31)(H,25,28,32)/b20-13+. The number of hydrogen-bond donors (Lipinski definition) is 2. The lowest BCUT2D eigenvalue weighted by atomic mass is 9.95. The molecule has 0 spiro atoms. The van der Waals surface area contributed by atoms with Crippen molar-refractivity contribution >= 4 is 46.9 Å². The van der Waals surface area contributed by atoms with Crippen molar-refractivity contribution in [2.24, 2.45) is 0 Å². The van der Waals surface area contributed by atoms with E-state index < -0.39 is 17.8 Å². The normalized spacial score (nSPS) is 18.9. The van der Waals surface area contributed by atoms with Crippen molar-refractivity contribution in [1.29, 1.82) is 0 Å². The number of amides is 2. The quantitative estimate of drug-likeness (QED) is 0.414. The summed E-state index contributed by atoms with van der Waals surface area (Å²) in [5.41, 5.74) is 3.46. The number of carboxylic acid groups (broad SMARTS) is 1. The van der Waals surface area contributed by atoms with Crippen LogP contribution in [0, 0.1) is 13.8 Å². The van der Waals surface area contributed by atoms with Crippen molar-refractivity contribution in [3.63, 3.8) is 0 Å². The van der Waals surface area contributed by atoms with Crippen LogP contribution in [0.1, 0.15) is 65.5 Å². The highest BCUT2D eigenvalue weighted by Gasteiger charge is 2.35. The number of carbonyl (C=O) groups is 3. The third-order valence-corrected chi connectivity index (χ3v) is 6.52. The van der Waals surface area contributed by atoms with Crippen molar-refractivity contribution in [2.75, 3.05) is 4.90 Å². The van der Waals surface area contributed by atoms with Gasteiger partial charge < -0.3 is 9.67 Å². The minimum atomic E-state index is -1.06. The zero-order valence-corrected chi connectivity index (χ0v) is 18.9. The molecule has 7 nitrogen and oxygen atoms in total. The number of hydrogen-bond acceptors (Lipinski definition) is 4. The maximum Gasteiger partial charge on any atom is 0.335 e. The first-order chi connectivity index (χ1) is 15.3. The first-order valence-corrected chi connectivity index (χ1v) is 11.1. The van der Waals surface area contributed by atoms with E-state index >= 15 is 0 Å². The van der Waals surface area contributed by atoms with E-state index in [1.165, 1.54) is 48.4 Å². The predicted octanol–water partition coefficient (Wildman–Crippen LogP) is 4.14. The van der Waals surface area contributed by atoms with Gasteiger partial charge in [0.2, 0.25) is 0 Å². The molecule has 8 heteroatoms. The summed E-state index contributed by atoms with van der Waals surface area (Å²) in [6, 6.07) is 8.24. The van der Waals surface area contributed by atoms with Crippen molar-refractivity contribution in [1.82, 2.24) is 9.88 Å². The van der Waals surface area contributed by atoms with E-state index in [4.69, 9.17) is 17.3 Å². The van der Waals surface area contributed by atoms with Crippen molar-refractivity contribution < 1.29 is 19.5 Å². The number of nitrogens with zero attached hydrogens (tertiary/aromatic N) is 2. The molecule has 0 unspecified atom stereocenters. The molecular formula is C24H25N3O4S. The van der Waals surface area contributed by atoms with Crippen molar-refractivity contribution in [3.05, 3.63) is 58.4 Å². The van der Waals surface area contributed by atoms with E-state index in [0.717, 1.165) is 29.8 Å². The lowest BCUT2D eigenvalue weighted by Crippen LogP contribution is -2.54. The fraction of sp³-hybridized carbons (Fsp3) is 0.333. The van der Waals surface area contributed by atoms with Gasteiger partial charge in [-0.3, -0.25) is 19.8 Å². The van der Waals surface area contributed by atoms with Crippen molar-refractivity contribution in [2.45, 2.75) is 52.0 Å². The van der Waals surface area contributed by atoms with Gasteiger partial charge in [-0.25, -0.2) is 4.79 Å². The average molecular weight is 452 g/mol. The van der Waals surface area contributed by atoms with Crippen LogP contribution < -0.4 is 10.2 Å². The molecule has 2 aromatic rings. The molecule has 0 atom stereocenters. The summed E-state index contributed by atoms with van der Waals surface area (Å²) in [5.74, 6) is -2.14. The van der Waals surface area contributed by atoms with Crippen LogP contribution in [0.25, 0.3) is 6.08 Å². The second kappa shape index (κ2) is 8.70. The van der Waals surface area contributed by atoms with E-state index in [1.54, 1.807) is 6.08 Å². The van der Waals surface area contributed by atoms with E-state index in [9.17, 15) is 14.4 Å². The summed E-state index contributed by atoms with van der Waals surface area (Å²) in [6.07, 6.45) is 7.60. The van der Waals surface area contributed by atoms with Gasteiger partial charge in [-0.05, 0) is 80.9 Å². The van der Waals surface area contributed by atoms with Crippen LogP contribution in [0.3, 0.4) is 0 Å². The molecule has 2 N–H and O–H groups in total. The van der Waals surface area contributed by atoms with Gasteiger partial charge in [-0.15, -0.1) is 0 Å². The molecule has 1 aliphatic carbocycles. The third-order valence-electron chi connectivity index (χ3n) is 6.24. The van der Waals surface area contributed by atoms with Crippen LogP contribution in [0.4, 0.5) is 5.69 Å². The van der Waals surface area contributed by atoms with Crippen LogP contribution >= 0.6 is 12.2 Å². The predicted molar refractivity (Wildman–Crippen MR) is 126 cm³/mol. The highest BCUT2D eigenvalue weighted by atomic mass is 32.1. The smallest absolute Gasteiger partial charge is 0.335 e. The average Bonchev–Trinajstić information content (AvgIpc) is 3.04. The Labute approximate surface area is 191 Å². The topological polar surface area (TPSA) is 91.6 Å². The molecule has 2 amide bonds. The van der Waals surface area contributed by atoms with Crippen molar-refractivity contribution in [3.8, 4) is 0 Å². The zero-order valence-electron chi connectivity index (χ0n) is 18.1. The highest BCUT2D eigenvalue weighted by Crippen LogP contribution is 2.33. The van der Waals surface area contributed by atoms with Gasteiger partial charge in [0, 0.05) is 17.4 Å². The monoisotopic (exact) mass is 451 g/mol. The molecule has 2 heterocycles. The van der Waals surface area contributed by atoms with Gasteiger partial charge in [0.1, 0.15) is 5.57 Å². The molecule has 2 aliphatic rings. The Hall–Kier alpha value is -3.26. The third kappa shape index (κ3) is 3.98. The van der Waals surface area contributed by atoms with Gasteiger partial charge in [0.05, 0.1) is 11.3 Å². The number of carbonyl (C=O) groups excluding carboxylic acids is 2. The zero-order chi connectivity index (χ0) is 23.0. The molecule has 1 saturated heterocycles. The first-order valence-electron chi connectivity index (χ1n) is 10.7. The number of nitrogens with one attached hydrogen (secondary N) is 1. The van der Waals surface area contributed by atoms with E-state index in [-0.39, 0.29) is 16.2 Å². The van der Waals surface area contributed by atoms with Gasteiger partial charge in [0.25, 0.3) is 11.8 Å². The number of carboxylic acids is 1. The maximum atomic E-state index is 13.3. The number of aromatic carboxylic acids is 1. The Morgan fingerprint density at radius 2 is 1.78 bits per heavy atom. The molecule has 1 aromatic carbocycles. The Morgan fingerprint density at radius 3 is 2.41 bits per heavy atom. The Morgan fingerprint density at radius 1 is 1.12 bits per heavy atom. The second-order valence-corrected chi connectivity index (χ2v) is 8.68. The lowest BCUT2D eigenvalue weighted by Gasteiger charge is -2.29. The van der Waals surface area contributed by atoms with E-state index in [2.05, 4.69) is 16.8 Å². The van der Waals surface area contributed by atoms with Gasteiger partial charge in [0.15, 0.2) is 5.11 Å². The Bertz CT molecular complexity index is 1140. The Balaban J connectivity index is 1.68. The molecule has 4 rings (SSSR count). The van der Waals surface area contributed by atoms with Gasteiger partial charge in [-0.1, -0.05) is 19.3 Å². The SMILES string of the molecule is Cc1cc(/C=C2\C(=O)NC(=S)N(c3ccc(C(=O)O)cc3)C2=O)c(C)n1C1CCCCC1. The van der Waals surface area contributed by atoms with Crippen LogP contribution in [-0.2, 0) is 9.59 Å². The largest absolute Gasteiger partial charge is 0.478 e. The fourth-order valence-corrected chi connectivity index (χ4v) is 4.93. The first kappa shape index (κ1) is 22.0. The number of anilines is 1. The van der Waals surface area contributed by atoms with Gasteiger partial charge in [-0.2, -0.15) is 0 Å². The second-order valence-electron chi connectivity index (χ2n) is 8.30. The maximum absolute atomic E-state index is 13.3. The number of aromatic nitrogens is 1. The number of rotatable bonds is 4. The van der Waals surface area contributed by atoms with E-state index in [1.807, 2.05) is 13.0 Å². The summed E-state index contributed by atoms with van der Waals surface area (Å²) >= 11 is 5.23. The molecule has 1 aromatic heterocycles. The summed E-state index contributed by atoms with van der Waals surface area (Å²) < 4.78 is 2.32. The molecule has 166 valence electrons. The molecular weight excluding hydrogens is 426 g/mol. The number of thiocarbonyl (C=S) groups is 1. The summed E-state index contributed by atoms with van der Waals surface area (Å²) in [6.45, 7) is 4.07. The van der Waals surface area contributed by atoms with Crippen LogP contribution in [0.15, 0.2) is 35.9 Å². The molecule has 1 saturated carbocycles. The summed E-state index contributed by atoms with van der Waals surface area (Å²) in [7, 11) is 0. The minimum Gasteiger partial charge on any atom is -0.478 e. The highest BCUT2D eigenvalue weighted by molar-refractivity contribution is 7.80. The molecule has 32 heavy (non-hydrogen) atoms. The molecule has 0 bridgehead atoms. The fourth-order valence-electron chi connectivity index (χ4n) is 4.65. The minimum absolute atomic E-state index is 0.00944. The Kier molecular flexibility index (Phi) is 5.97. The van der Waals surface area contributed by atoms with Gasteiger partial charge >= 0.3 is 5.97 Å². The number of aryl methyl sites for hydroxylation is 1. The van der Waals surface area contributed by atoms with Crippen LogP contribution in [0.2, 0.25) is 0 Å². The van der Waals surface area contributed by atoms with Crippen LogP contribution in [0.5, 0.6) is 0 Å². The molecule has 2 fully saturated rings. The lowest BCUT2D eigenvalue weighted by molar-refractivity contribution is -0.122. The molecule has 1 aliphatic heterocycles. The van der Waals surface area contributed by atoms with E-state index in [0.29, 0.717) is 11.7 Å². The summed E-state index contributed by atoms with van der Waals surface area (Å²) in [5, 5.41) is 11.6. The summed E-state index contributed by atoms with van der Waals surface area (Å²) in [4.78, 5) is 38.2. The molecule has 0 radical (unpaired) electrons.